The summed E-state index contributed by atoms with van der Waals surface area (Å²) >= 11 is 0. The molecular formula is C14H16N4O5. The van der Waals surface area contributed by atoms with Crippen LogP contribution in [0.1, 0.15) is 27.6 Å². The summed E-state index contributed by atoms with van der Waals surface area (Å²) in [4.78, 5) is 30.7. The molecule has 9 nitrogen and oxygen atoms in total. The Morgan fingerprint density at radius 3 is 2.43 bits per heavy atom. The molecule has 2 aliphatic heterocycles. The third-order valence-electron chi connectivity index (χ3n) is 3.90. The molecule has 0 aromatic heterocycles. The fraction of sp³-hybridized carbons (Fsp3) is 0.429. The first-order valence-corrected chi connectivity index (χ1v) is 7.19. The molecule has 2 heterocycles. The van der Waals surface area contributed by atoms with Crippen LogP contribution < -0.4 is 0 Å². The van der Waals surface area contributed by atoms with Gasteiger partial charge in [-0.25, -0.2) is 4.90 Å². The highest BCUT2D eigenvalue weighted by atomic mass is 16.7. The summed E-state index contributed by atoms with van der Waals surface area (Å²) in [5, 5.41) is 25.3. The lowest BCUT2D eigenvalue weighted by Crippen LogP contribution is -2.51. The van der Waals surface area contributed by atoms with Crippen molar-refractivity contribution in [1.29, 1.82) is 0 Å². The van der Waals surface area contributed by atoms with E-state index >= 15 is 0 Å². The Morgan fingerprint density at radius 1 is 1.35 bits per heavy atom. The number of carbonyl (C=O) groups is 2. The molecule has 1 unspecified atom stereocenters. The number of benzene rings is 1. The van der Waals surface area contributed by atoms with Gasteiger partial charge >= 0.3 is 0 Å². The minimum Gasteiger partial charge on any atom is -0.569 e. The summed E-state index contributed by atoms with van der Waals surface area (Å²) in [5.41, 5.74) is 0.612. The van der Waals surface area contributed by atoms with Gasteiger partial charge in [0.1, 0.15) is 0 Å². The fourth-order valence-electron chi connectivity index (χ4n) is 2.54. The van der Waals surface area contributed by atoms with Gasteiger partial charge in [-0.3, -0.25) is 9.59 Å². The summed E-state index contributed by atoms with van der Waals surface area (Å²) < 4.78 is 0. The Balaban J connectivity index is 1.64. The molecule has 0 bridgehead atoms. The van der Waals surface area contributed by atoms with E-state index in [1.165, 1.54) is 11.9 Å². The monoisotopic (exact) mass is 320 g/mol. The highest BCUT2D eigenvalue weighted by Crippen LogP contribution is 2.25. The molecule has 3 rings (SSSR count). The Hall–Kier alpha value is -2.68. The molecule has 2 amide bonds. The number of hydrogen-bond acceptors (Lipinski definition) is 6. The molecule has 23 heavy (non-hydrogen) atoms. The van der Waals surface area contributed by atoms with Gasteiger partial charge < -0.3 is 15.2 Å². The van der Waals surface area contributed by atoms with Crippen LogP contribution in [-0.4, -0.2) is 57.7 Å². The third kappa shape index (κ3) is 2.59. The summed E-state index contributed by atoms with van der Waals surface area (Å²) in [6, 6.07) is 6.47. The minimum atomic E-state index is -1.01. The largest absolute Gasteiger partial charge is 0.569 e. The van der Waals surface area contributed by atoms with Gasteiger partial charge in [0.05, 0.1) is 29.2 Å². The lowest BCUT2D eigenvalue weighted by atomic mass is 10.0. The fourth-order valence-corrected chi connectivity index (χ4v) is 2.54. The first-order chi connectivity index (χ1) is 11.0. The van der Waals surface area contributed by atoms with Crippen molar-refractivity contribution in [3.05, 3.63) is 40.6 Å². The van der Waals surface area contributed by atoms with Crippen LogP contribution in [0.15, 0.2) is 29.5 Å². The average molecular weight is 320 g/mol. The Bertz CT molecular complexity index is 636. The number of nitrogens with zero attached hydrogens (tertiary/aromatic N) is 4. The van der Waals surface area contributed by atoms with Gasteiger partial charge in [-0.15, -0.1) is 5.01 Å². The molecule has 1 aromatic carbocycles. The topological polar surface area (TPSA) is 109 Å². The van der Waals surface area contributed by atoms with E-state index in [0.717, 1.165) is 4.90 Å². The Labute approximate surface area is 131 Å². The highest BCUT2D eigenvalue weighted by Gasteiger charge is 2.40. The normalized spacial score (nSPS) is 19.7. The van der Waals surface area contributed by atoms with Crippen LogP contribution in [0, 0.1) is 11.1 Å². The van der Waals surface area contributed by atoms with Crippen molar-refractivity contribution in [2.75, 3.05) is 19.7 Å². The van der Waals surface area contributed by atoms with Gasteiger partial charge in [-0.05, 0) is 19.1 Å². The predicted octanol–water partition coefficient (Wildman–Crippen LogP) is 0.362. The van der Waals surface area contributed by atoms with Gasteiger partial charge in [0, 0.05) is 12.5 Å². The quantitative estimate of drug-likeness (QED) is 0.363. The second kappa shape index (κ2) is 5.84. The number of hydrogen-bond donors (Lipinski definition) is 1. The lowest BCUT2D eigenvalue weighted by molar-refractivity contribution is -0.728. The van der Waals surface area contributed by atoms with E-state index in [4.69, 9.17) is 9.94 Å². The lowest BCUT2D eigenvalue weighted by Gasteiger charge is -2.32. The molecule has 9 heteroatoms. The van der Waals surface area contributed by atoms with Crippen LogP contribution in [0.3, 0.4) is 0 Å². The van der Waals surface area contributed by atoms with Gasteiger partial charge in [0.25, 0.3) is 11.8 Å². The van der Waals surface area contributed by atoms with Gasteiger partial charge in [0.2, 0.25) is 11.5 Å². The summed E-state index contributed by atoms with van der Waals surface area (Å²) in [7, 11) is 0. The summed E-state index contributed by atoms with van der Waals surface area (Å²) in [5.74, 6) is -0.902. The number of carbonyl (C=O) groups excluding carboxylic acids is 2. The number of amides is 2. The van der Waals surface area contributed by atoms with E-state index in [-0.39, 0.29) is 17.5 Å². The Kier molecular flexibility index (Phi) is 3.87. The van der Waals surface area contributed by atoms with Crippen LogP contribution in [0.4, 0.5) is 0 Å². The van der Waals surface area contributed by atoms with Crippen LogP contribution in [0.5, 0.6) is 0 Å². The van der Waals surface area contributed by atoms with Crippen LogP contribution in [0.25, 0.3) is 0 Å². The molecular weight excluding hydrogens is 304 g/mol. The number of rotatable bonds is 5. The second-order valence-corrected chi connectivity index (χ2v) is 5.49. The maximum atomic E-state index is 12.2. The molecule has 122 valence electrons. The van der Waals surface area contributed by atoms with Crippen LogP contribution in [-0.2, 0) is 4.84 Å². The zero-order valence-electron chi connectivity index (χ0n) is 12.5. The average Bonchev–Trinajstić information content (AvgIpc) is 2.76. The first kappa shape index (κ1) is 15.2. The van der Waals surface area contributed by atoms with Crippen LogP contribution >= 0.6 is 0 Å². The molecule has 1 saturated heterocycles. The number of fused-ring (bicyclic) bond motifs is 1. The first-order valence-electron chi connectivity index (χ1n) is 7.19. The SMILES string of the molecule is CC(ON=[N+]([O-])N1CC(CO)C1)N1C(=O)c2ccccc2C1=O. The van der Waals surface area contributed by atoms with Crippen molar-refractivity contribution in [2.45, 2.75) is 13.2 Å². The zero-order chi connectivity index (χ0) is 16.6. The maximum Gasteiger partial charge on any atom is 0.264 e. The number of aliphatic hydroxyl groups excluding tert-OH is 1. The summed E-state index contributed by atoms with van der Waals surface area (Å²) in [6.07, 6.45) is -1.01. The number of hydrazine groups is 1. The van der Waals surface area contributed by atoms with Crippen molar-refractivity contribution in [3.8, 4) is 0 Å². The molecule has 1 fully saturated rings. The van der Waals surface area contributed by atoms with Crippen molar-refractivity contribution in [1.82, 2.24) is 9.91 Å². The van der Waals surface area contributed by atoms with E-state index in [0.29, 0.717) is 24.2 Å². The van der Waals surface area contributed by atoms with Gasteiger partial charge in [-0.2, -0.15) is 0 Å². The van der Waals surface area contributed by atoms with E-state index in [9.17, 15) is 14.8 Å². The third-order valence-corrected chi connectivity index (χ3v) is 3.90. The van der Waals surface area contributed by atoms with Crippen molar-refractivity contribution >= 4 is 11.8 Å². The van der Waals surface area contributed by atoms with Gasteiger partial charge in [0.15, 0.2) is 0 Å². The maximum absolute atomic E-state index is 12.2. The molecule has 0 saturated carbocycles. The number of imide groups is 1. The van der Waals surface area contributed by atoms with E-state index in [1.54, 1.807) is 24.3 Å². The highest BCUT2D eigenvalue weighted by molar-refractivity contribution is 6.21. The molecule has 2 aliphatic rings. The molecule has 0 radical (unpaired) electrons. The molecule has 1 atom stereocenters. The van der Waals surface area contributed by atoms with E-state index in [2.05, 4.69) is 5.28 Å². The molecule has 1 N–H and O–H groups in total. The van der Waals surface area contributed by atoms with Gasteiger partial charge in [-0.1, -0.05) is 12.1 Å². The van der Waals surface area contributed by atoms with Crippen LogP contribution in [0.2, 0.25) is 0 Å². The minimum absolute atomic E-state index is 0.0106. The molecule has 0 aliphatic carbocycles. The predicted molar refractivity (Wildman–Crippen MR) is 75.7 cm³/mol. The second-order valence-electron chi connectivity index (χ2n) is 5.49. The zero-order valence-corrected chi connectivity index (χ0v) is 12.5. The van der Waals surface area contributed by atoms with Crippen molar-refractivity contribution < 1.29 is 24.5 Å². The molecule has 0 spiro atoms. The number of aliphatic hydroxyl groups is 1. The standard InChI is InChI=1S/C14H16N4O5/c1-9(23-15-18(22)16-6-10(7-16)8-19)17-13(20)11-4-2-3-5-12(11)14(17)21/h2-5,9-10,19H,6-8H2,1H3. The van der Waals surface area contributed by atoms with Crippen molar-refractivity contribution in [3.63, 3.8) is 0 Å². The smallest absolute Gasteiger partial charge is 0.264 e. The molecule has 1 aromatic rings. The van der Waals surface area contributed by atoms with E-state index < -0.39 is 18.0 Å². The van der Waals surface area contributed by atoms with E-state index in [1.807, 2.05) is 0 Å². The summed E-state index contributed by atoms with van der Waals surface area (Å²) in [6.45, 7) is 2.24. The van der Waals surface area contributed by atoms with Crippen molar-refractivity contribution in [2.24, 2.45) is 11.2 Å². The Morgan fingerprint density at radius 2 is 1.91 bits per heavy atom.